The molecular weight excluding hydrogens is 386 g/mol. The zero-order valence-corrected chi connectivity index (χ0v) is 21.9. The number of likely N-dealkylation sites (tertiary alicyclic amines) is 1. The van der Waals surface area contributed by atoms with Gasteiger partial charge in [0, 0.05) is 12.5 Å². The van der Waals surface area contributed by atoms with Gasteiger partial charge in [0.05, 0.1) is 17.1 Å². The highest BCUT2D eigenvalue weighted by molar-refractivity contribution is 6.31. The minimum absolute atomic E-state index is 0.156. The molecule has 0 aromatic rings. The summed E-state index contributed by atoms with van der Waals surface area (Å²) in [5.41, 5.74) is -1.50. The SMILES string of the molecule is CC(C)(C)OC(=O)N1CC(C(C)(C)O[SiH2]C(C)(C)C)CC1COC(=O)C(C)(C)C. The van der Waals surface area contributed by atoms with Crippen LogP contribution < -0.4 is 0 Å². The number of esters is 1. The number of carbonyl (C=O) groups excluding carboxylic acids is 2. The van der Waals surface area contributed by atoms with Gasteiger partial charge in [-0.3, -0.25) is 4.79 Å². The van der Waals surface area contributed by atoms with E-state index in [-0.39, 0.29) is 41.3 Å². The number of amides is 1. The molecule has 0 spiro atoms. The van der Waals surface area contributed by atoms with Gasteiger partial charge in [-0.15, -0.1) is 0 Å². The van der Waals surface area contributed by atoms with E-state index in [1.54, 1.807) is 4.90 Å². The maximum atomic E-state index is 12.8. The van der Waals surface area contributed by atoms with E-state index in [2.05, 4.69) is 34.6 Å². The standard InChI is InChI=1S/C22H43NO5Si/c1-19(2,3)17(24)26-14-16-12-15(22(10,11)28-29-21(7,8)9)13-23(16)18(25)27-20(4,5)6/h15-16H,12-14,29H2,1-11H3. The summed E-state index contributed by atoms with van der Waals surface area (Å²) in [5.74, 6) is -0.107. The number of hydrogen-bond donors (Lipinski definition) is 0. The van der Waals surface area contributed by atoms with Crippen molar-refractivity contribution in [3.63, 3.8) is 0 Å². The summed E-state index contributed by atoms with van der Waals surface area (Å²) in [6.45, 7) is 22.6. The first-order valence-electron chi connectivity index (χ1n) is 10.6. The zero-order valence-electron chi connectivity index (χ0n) is 20.5. The molecular formula is C22H43NO5Si. The van der Waals surface area contributed by atoms with Crippen LogP contribution in [0.15, 0.2) is 0 Å². The molecule has 1 saturated heterocycles. The quantitative estimate of drug-likeness (QED) is 0.481. The van der Waals surface area contributed by atoms with Crippen molar-refractivity contribution in [2.75, 3.05) is 13.2 Å². The van der Waals surface area contributed by atoms with Crippen molar-refractivity contribution in [1.82, 2.24) is 4.90 Å². The van der Waals surface area contributed by atoms with Crippen molar-refractivity contribution in [1.29, 1.82) is 0 Å². The average molecular weight is 430 g/mol. The highest BCUT2D eigenvalue weighted by Crippen LogP contribution is 2.36. The first-order valence-corrected chi connectivity index (χ1v) is 11.9. The lowest BCUT2D eigenvalue weighted by atomic mass is 9.89. The summed E-state index contributed by atoms with van der Waals surface area (Å²) in [5, 5.41) is 0.197. The fourth-order valence-corrected chi connectivity index (χ4v) is 4.07. The Bertz CT molecular complexity index is 583. The smallest absolute Gasteiger partial charge is 0.410 e. The molecule has 0 bridgehead atoms. The van der Waals surface area contributed by atoms with E-state index in [9.17, 15) is 9.59 Å². The summed E-state index contributed by atoms with van der Waals surface area (Å²) < 4.78 is 17.6. The van der Waals surface area contributed by atoms with Crippen LogP contribution in [0.4, 0.5) is 4.79 Å². The Kier molecular flexibility index (Phi) is 8.02. The number of carbonyl (C=O) groups is 2. The molecule has 7 heteroatoms. The highest BCUT2D eigenvalue weighted by atomic mass is 28.2. The van der Waals surface area contributed by atoms with Crippen LogP contribution in [0.1, 0.15) is 82.6 Å². The second-order valence-corrected chi connectivity index (χ2v) is 14.7. The van der Waals surface area contributed by atoms with E-state index < -0.39 is 20.8 Å². The fourth-order valence-electron chi connectivity index (χ4n) is 3.03. The van der Waals surface area contributed by atoms with E-state index in [1.807, 2.05) is 41.5 Å². The maximum absolute atomic E-state index is 12.8. The van der Waals surface area contributed by atoms with Crippen LogP contribution in [0, 0.1) is 11.3 Å². The largest absolute Gasteiger partial charge is 0.463 e. The Labute approximate surface area is 180 Å². The molecule has 0 saturated carbocycles. The van der Waals surface area contributed by atoms with E-state index >= 15 is 0 Å². The molecule has 6 nitrogen and oxygen atoms in total. The zero-order chi connectivity index (χ0) is 22.8. The summed E-state index contributed by atoms with van der Waals surface area (Å²) in [7, 11) is -0.732. The van der Waals surface area contributed by atoms with E-state index in [1.165, 1.54) is 0 Å². The molecule has 1 rings (SSSR count). The summed E-state index contributed by atoms with van der Waals surface area (Å²) in [4.78, 5) is 26.8. The van der Waals surface area contributed by atoms with Crippen molar-refractivity contribution < 1.29 is 23.5 Å². The van der Waals surface area contributed by atoms with Gasteiger partial charge in [-0.25, -0.2) is 4.79 Å². The van der Waals surface area contributed by atoms with E-state index in [4.69, 9.17) is 13.9 Å². The normalized spacial score (nSPS) is 21.7. The maximum Gasteiger partial charge on any atom is 0.410 e. The van der Waals surface area contributed by atoms with Gasteiger partial charge < -0.3 is 18.8 Å². The van der Waals surface area contributed by atoms with Crippen molar-refractivity contribution in [2.24, 2.45) is 11.3 Å². The molecule has 0 radical (unpaired) electrons. The topological polar surface area (TPSA) is 65.1 Å². The lowest BCUT2D eigenvalue weighted by molar-refractivity contribution is -0.154. The molecule has 1 aliphatic rings. The van der Waals surface area contributed by atoms with Crippen LogP contribution >= 0.6 is 0 Å². The number of nitrogens with zero attached hydrogens (tertiary/aromatic N) is 1. The minimum Gasteiger partial charge on any atom is -0.463 e. The average Bonchev–Trinajstić information content (AvgIpc) is 2.92. The van der Waals surface area contributed by atoms with Crippen molar-refractivity contribution in [2.45, 2.75) is 105 Å². The molecule has 170 valence electrons. The van der Waals surface area contributed by atoms with Crippen LogP contribution in [-0.2, 0) is 18.7 Å². The van der Waals surface area contributed by atoms with Gasteiger partial charge in [-0.05, 0) is 66.8 Å². The Morgan fingerprint density at radius 2 is 1.52 bits per heavy atom. The second-order valence-electron chi connectivity index (χ2n) is 12.0. The van der Waals surface area contributed by atoms with Gasteiger partial charge in [0.1, 0.15) is 12.2 Å². The molecule has 1 fully saturated rings. The molecule has 29 heavy (non-hydrogen) atoms. The predicted octanol–water partition coefficient (Wildman–Crippen LogP) is 4.30. The first kappa shape index (κ1) is 26.0. The number of ether oxygens (including phenoxy) is 2. The van der Waals surface area contributed by atoms with Crippen LogP contribution in [0.25, 0.3) is 0 Å². The molecule has 1 aliphatic heterocycles. The third-order valence-electron chi connectivity index (χ3n) is 4.92. The minimum atomic E-state index is -0.732. The van der Waals surface area contributed by atoms with Crippen LogP contribution in [-0.4, -0.2) is 57.1 Å². The predicted molar refractivity (Wildman–Crippen MR) is 119 cm³/mol. The second kappa shape index (κ2) is 8.96. The van der Waals surface area contributed by atoms with Gasteiger partial charge in [0.25, 0.3) is 0 Å². The Hall–Kier alpha value is -1.08. The third kappa shape index (κ3) is 8.66. The molecule has 2 atom stereocenters. The van der Waals surface area contributed by atoms with E-state index in [0.29, 0.717) is 6.54 Å². The summed E-state index contributed by atoms with van der Waals surface area (Å²) in [6.07, 6.45) is 0.364. The van der Waals surface area contributed by atoms with Gasteiger partial charge in [-0.2, -0.15) is 0 Å². The van der Waals surface area contributed by atoms with Crippen LogP contribution in [0.5, 0.6) is 0 Å². The Balaban J connectivity index is 2.94. The molecule has 0 aromatic carbocycles. The van der Waals surface area contributed by atoms with E-state index in [0.717, 1.165) is 6.42 Å². The van der Waals surface area contributed by atoms with Crippen molar-refractivity contribution in [3.05, 3.63) is 0 Å². The highest BCUT2D eigenvalue weighted by Gasteiger charge is 2.45. The van der Waals surface area contributed by atoms with Gasteiger partial charge >= 0.3 is 12.1 Å². The molecule has 0 N–H and O–H groups in total. The number of rotatable bonds is 5. The van der Waals surface area contributed by atoms with Gasteiger partial charge in [0.15, 0.2) is 9.76 Å². The summed E-state index contributed by atoms with van der Waals surface area (Å²) >= 11 is 0. The van der Waals surface area contributed by atoms with Crippen molar-refractivity contribution >= 4 is 21.8 Å². The monoisotopic (exact) mass is 429 g/mol. The fraction of sp³-hybridized carbons (Fsp3) is 0.909. The Morgan fingerprint density at radius 3 is 1.97 bits per heavy atom. The molecule has 0 aromatic heterocycles. The lowest BCUT2D eigenvalue weighted by Gasteiger charge is -2.35. The molecule has 2 unspecified atom stereocenters. The first-order chi connectivity index (χ1) is 12.8. The molecule has 0 aliphatic carbocycles. The molecule has 1 amide bonds. The van der Waals surface area contributed by atoms with Crippen LogP contribution in [0.2, 0.25) is 5.04 Å². The Morgan fingerprint density at radius 1 is 0.966 bits per heavy atom. The third-order valence-corrected chi connectivity index (χ3v) is 6.68. The van der Waals surface area contributed by atoms with Gasteiger partial charge in [0.2, 0.25) is 0 Å². The van der Waals surface area contributed by atoms with Gasteiger partial charge in [-0.1, -0.05) is 20.8 Å². The lowest BCUT2D eigenvalue weighted by Crippen LogP contribution is -2.43. The molecule has 1 heterocycles. The summed E-state index contributed by atoms with van der Waals surface area (Å²) in [6, 6.07) is -0.208. The van der Waals surface area contributed by atoms with Crippen LogP contribution in [0.3, 0.4) is 0 Å². The number of hydrogen-bond acceptors (Lipinski definition) is 5. The van der Waals surface area contributed by atoms with Crippen molar-refractivity contribution in [3.8, 4) is 0 Å².